The molecule has 0 atom stereocenters. The summed E-state index contributed by atoms with van der Waals surface area (Å²) in [5.41, 5.74) is 2.57. The van der Waals surface area contributed by atoms with Crippen LogP contribution in [0.5, 0.6) is 0 Å². The van der Waals surface area contributed by atoms with E-state index < -0.39 is 0 Å². The number of hydrogen-bond donors (Lipinski definition) is 1. The van der Waals surface area contributed by atoms with Crippen molar-refractivity contribution in [3.63, 3.8) is 0 Å². The Kier molecular flexibility index (Phi) is 4.71. The summed E-state index contributed by atoms with van der Waals surface area (Å²) in [5, 5.41) is 1.30. The first-order valence-corrected chi connectivity index (χ1v) is 8.92. The first-order chi connectivity index (χ1) is 10.3. The standard InChI is InChI=1S/C18H18BrNS/c1-2-3-11-16-18(21-13-8-5-4-6-9-13)17-14(19)10-7-12-15(17)20-16/h4-10,12,20H,2-3,11H2,1H3. The van der Waals surface area contributed by atoms with Gasteiger partial charge in [0.25, 0.3) is 0 Å². The number of aromatic amines is 1. The van der Waals surface area contributed by atoms with Crippen molar-refractivity contribution in [3.8, 4) is 0 Å². The maximum atomic E-state index is 3.71. The number of nitrogens with one attached hydrogen (secondary N) is 1. The molecule has 3 aromatic rings. The molecule has 0 radical (unpaired) electrons. The first-order valence-electron chi connectivity index (χ1n) is 7.31. The van der Waals surface area contributed by atoms with Crippen LogP contribution in [-0.2, 0) is 6.42 Å². The van der Waals surface area contributed by atoms with E-state index in [1.165, 1.54) is 39.2 Å². The molecule has 2 aromatic carbocycles. The molecular formula is C18H18BrNS. The fourth-order valence-corrected chi connectivity index (χ4v) is 4.30. The van der Waals surface area contributed by atoms with Gasteiger partial charge >= 0.3 is 0 Å². The average molecular weight is 360 g/mol. The number of halogens is 1. The van der Waals surface area contributed by atoms with Crippen LogP contribution in [0.4, 0.5) is 0 Å². The maximum Gasteiger partial charge on any atom is 0.0479 e. The van der Waals surface area contributed by atoms with E-state index in [1.54, 1.807) is 0 Å². The summed E-state index contributed by atoms with van der Waals surface area (Å²) in [7, 11) is 0. The molecule has 3 rings (SSSR count). The Hall–Kier alpha value is -1.19. The van der Waals surface area contributed by atoms with Gasteiger partial charge in [0.15, 0.2) is 0 Å². The molecule has 0 amide bonds. The lowest BCUT2D eigenvalue weighted by Gasteiger charge is -2.05. The Morgan fingerprint density at radius 3 is 2.62 bits per heavy atom. The maximum absolute atomic E-state index is 3.71. The Labute approximate surface area is 138 Å². The van der Waals surface area contributed by atoms with Crippen molar-refractivity contribution in [1.29, 1.82) is 0 Å². The highest BCUT2D eigenvalue weighted by atomic mass is 79.9. The van der Waals surface area contributed by atoms with E-state index in [1.807, 2.05) is 11.8 Å². The molecule has 21 heavy (non-hydrogen) atoms. The lowest BCUT2D eigenvalue weighted by molar-refractivity contribution is 0.773. The molecule has 0 fully saturated rings. The van der Waals surface area contributed by atoms with Gasteiger partial charge in [-0.15, -0.1) is 0 Å². The van der Waals surface area contributed by atoms with E-state index >= 15 is 0 Å². The van der Waals surface area contributed by atoms with Crippen molar-refractivity contribution in [3.05, 3.63) is 58.7 Å². The highest BCUT2D eigenvalue weighted by Crippen LogP contribution is 2.40. The van der Waals surface area contributed by atoms with Crippen molar-refractivity contribution in [2.45, 2.75) is 36.0 Å². The third-order valence-electron chi connectivity index (χ3n) is 3.54. The van der Waals surface area contributed by atoms with Crippen molar-refractivity contribution in [2.24, 2.45) is 0 Å². The van der Waals surface area contributed by atoms with Gasteiger partial charge < -0.3 is 4.98 Å². The average Bonchev–Trinajstić information content (AvgIpc) is 2.85. The monoisotopic (exact) mass is 359 g/mol. The minimum absolute atomic E-state index is 1.10. The molecule has 3 heteroatoms. The zero-order chi connectivity index (χ0) is 14.7. The minimum Gasteiger partial charge on any atom is -0.357 e. The van der Waals surface area contributed by atoms with E-state index in [0.717, 1.165) is 10.9 Å². The van der Waals surface area contributed by atoms with Crippen LogP contribution in [0.3, 0.4) is 0 Å². The summed E-state index contributed by atoms with van der Waals surface area (Å²) >= 11 is 5.56. The summed E-state index contributed by atoms with van der Waals surface area (Å²) in [6.07, 6.45) is 3.53. The molecule has 0 unspecified atom stereocenters. The largest absolute Gasteiger partial charge is 0.357 e. The molecule has 1 heterocycles. The van der Waals surface area contributed by atoms with Gasteiger partial charge in [-0.05, 0) is 37.1 Å². The third-order valence-corrected chi connectivity index (χ3v) is 5.37. The van der Waals surface area contributed by atoms with Crippen LogP contribution in [0.15, 0.2) is 62.8 Å². The number of H-pyrrole nitrogens is 1. The van der Waals surface area contributed by atoms with Crippen LogP contribution < -0.4 is 0 Å². The van der Waals surface area contributed by atoms with Gasteiger partial charge in [-0.3, -0.25) is 0 Å². The molecule has 0 aliphatic rings. The molecule has 1 nitrogen and oxygen atoms in total. The van der Waals surface area contributed by atoms with E-state index in [0.29, 0.717) is 0 Å². The van der Waals surface area contributed by atoms with Gasteiger partial charge in [0.05, 0.1) is 0 Å². The van der Waals surface area contributed by atoms with Crippen molar-refractivity contribution < 1.29 is 0 Å². The second-order valence-corrected chi connectivity index (χ2v) is 7.05. The van der Waals surface area contributed by atoms with Gasteiger partial charge in [0.2, 0.25) is 0 Å². The molecular weight excluding hydrogens is 342 g/mol. The van der Waals surface area contributed by atoms with E-state index in [9.17, 15) is 0 Å². The summed E-state index contributed by atoms with van der Waals surface area (Å²) < 4.78 is 1.16. The van der Waals surface area contributed by atoms with E-state index in [2.05, 4.69) is 76.4 Å². The van der Waals surface area contributed by atoms with E-state index in [-0.39, 0.29) is 0 Å². The predicted octanol–water partition coefficient (Wildman–Crippen LogP) is 6.42. The van der Waals surface area contributed by atoms with Crippen molar-refractivity contribution >= 4 is 38.6 Å². The number of aromatic nitrogens is 1. The van der Waals surface area contributed by atoms with Gasteiger partial charge in [-0.25, -0.2) is 0 Å². The molecule has 0 aliphatic heterocycles. The van der Waals surface area contributed by atoms with Crippen LogP contribution >= 0.6 is 27.7 Å². The fourth-order valence-electron chi connectivity index (χ4n) is 2.48. The quantitative estimate of drug-likeness (QED) is 0.555. The summed E-state index contributed by atoms with van der Waals surface area (Å²) in [6, 6.07) is 17.0. The zero-order valence-corrected chi connectivity index (χ0v) is 14.4. The highest BCUT2D eigenvalue weighted by molar-refractivity contribution is 9.10. The van der Waals surface area contributed by atoms with Gasteiger partial charge in [-0.1, -0.05) is 65.3 Å². The molecule has 0 spiro atoms. The molecule has 0 aliphatic carbocycles. The van der Waals surface area contributed by atoms with Gasteiger partial charge in [-0.2, -0.15) is 0 Å². The number of hydrogen-bond acceptors (Lipinski definition) is 1. The second-order valence-electron chi connectivity index (χ2n) is 5.11. The Morgan fingerprint density at radius 2 is 1.86 bits per heavy atom. The number of aryl methyl sites for hydroxylation is 1. The second kappa shape index (κ2) is 6.71. The highest BCUT2D eigenvalue weighted by Gasteiger charge is 2.14. The first kappa shape index (κ1) is 14.7. The Morgan fingerprint density at radius 1 is 1.05 bits per heavy atom. The van der Waals surface area contributed by atoms with Crippen LogP contribution in [0.1, 0.15) is 25.5 Å². The fraction of sp³-hybridized carbons (Fsp3) is 0.222. The number of fused-ring (bicyclic) bond motifs is 1. The number of benzene rings is 2. The Bertz CT molecular complexity index is 734. The van der Waals surface area contributed by atoms with Gasteiger partial charge in [0.1, 0.15) is 0 Å². The van der Waals surface area contributed by atoms with Crippen molar-refractivity contribution in [1.82, 2.24) is 4.98 Å². The topological polar surface area (TPSA) is 15.8 Å². The van der Waals surface area contributed by atoms with Crippen molar-refractivity contribution in [2.75, 3.05) is 0 Å². The normalized spacial score (nSPS) is 11.1. The lowest BCUT2D eigenvalue weighted by atomic mass is 10.2. The smallest absolute Gasteiger partial charge is 0.0479 e. The number of rotatable bonds is 5. The Balaban J connectivity index is 2.08. The van der Waals surface area contributed by atoms with E-state index in [4.69, 9.17) is 0 Å². The van der Waals surface area contributed by atoms with Crippen LogP contribution in [0, 0.1) is 0 Å². The third kappa shape index (κ3) is 3.19. The molecule has 0 bridgehead atoms. The molecule has 0 saturated heterocycles. The van der Waals surface area contributed by atoms with Crippen LogP contribution in [0.25, 0.3) is 10.9 Å². The van der Waals surface area contributed by atoms with Crippen LogP contribution in [-0.4, -0.2) is 4.98 Å². The lowest BCUT2D eigenvalue weighted by Crippen LogP contribution is -1.87. The summed E-state index contributed by atoms with van der Waals surface area (Å²) in [5.74, 6) is 0. The summed E-state index contributed by atoms with van der Waals surface area (Å²) in [4.78, 5) is 6.25. The molecule has 0 saturated carbocycles. The predicted molar refractivity (Wildman–Crippen MR) is 95.2 cm³/mol. The van der Waals surface area contributed by atoms with Crippen LogP contribution in [0.2, 0.25) is 0 Å². The zero-order valence-electron chi connectivity index (χ0n) is 12.0. The van der Waals surface area contributed by atoms with Gasteiger partial charge in [0, 0.05) is 30.9 Å². The minimum atomic E-state index is 1.10. The number of unbranched alkanes of at least 4 members (excludes halogenated alkanes) is 1. The molecule has 108 valence electrons. The SMILES string of the molecule is CCCCc1[nH]c2cccc(Br)c2c1Sc1ccccc1. The molecule has 1 N–H and O–H groups in total. The summed E-state index contributed by atoms with van der Waals surface area (Å²) in [6.45, 7) is 2.24. The molecule has 1 aromatic heterocycles.